The number of nitrogens with zero attached hydrogens (tertiary/aromatic N) is 2. The van der Waals surface area contributed by atoms with Crippen LogP contribution in [0.1, 0.15) is 0 Å². The molecule has 0 saturated carbocycles. The maximum atomic E-state index is 2.57. The number of hydrogen-bond acceptors (Lipinski definition) is 2. The predicted octanol–water partition coefficient (Wildman–Crippen LogP) is 13.2. The molecule has 53 heavy (non-hydrogen) atoms. The average Bonchev–Trinajstić information content (AvgIpc) is 3.25. The molecule has 0 N–H and O–H groups in total. The fourth-order valence-corrected chi connectivity index (χ4v) is 16.9. The second-order valence-corrected chi connectivity index (χ2v) is 19.4. The second-order valence-electron chi connectivity index (χ2n) is 13.3. The highest BCUT2D eigenvalue weighted by Gasteiger charge is 2.46. The standard InChI is InChI=1S/C48H37BN2S2/c1-5-21-37(22-6-1)52(38-23-7-2-8-24-38)45-33-17-13-29-41(45)50(42-30-14-18-34-46(42)52)49-51-43-31-15-19-35-47(43)53(39-25-9-3-10-26-39,40-27-11-4-12-28-40)48-36-20-16-32-44(48)51/h1-36,49H. The van der Waals surface area contributed by atoms with E-state index < -0.39 is 20.1 Å². The third kappa shape index (κ3) is 4.71. The second kappa shape index (κ2) is 13.0. The molecular weight excluding hydrogens is 679 g/mol. The number of rotatable bonds is 6. The van der Waals surface area contributed by atoms with Gasteiger partial charge >= 0.3 is 7.55 Å². The Morgan fingerprint density at radius 3 is 0.698 bits per heavy atom. The highest BCUT2D eigenvalue weighted by molar-refractivity contribution is 8.34. The highest BCUT2D eigenvalue weighted by atomic mass is 32.3. The van der Waals surface area contributed by atoms with Gasteiger partial charge in [-0.15, -0.1) is 20.1 Å². The van der Waals surface area contributed by atoms with Gasteiger partial charge in [0.1, 0.15) is 0 Å². The Bertz CT molecular complexity index is 2210. The summed E-state index contributed by atoms with van der Waals surface area (Å²) in [6, 6.07) is 81.3. The first kappa shape index (κ1) is 31.8. The lowest BCUT2D eigenvalue weighted by atomic mass is 9.96. The summed E-state index contributed by atoms with van der Waals surface area (Å²) < 4.78 is 0. The van der Waals surface area contributed by atoms with Crippen LogP contribution in [0.15, 0.2) is 258 Å². The van der Waals surface area contributed by atoms with Crippen molar-refractivity contribution in [2.45, 2.75) is 39.2 Å². The number of benzene rings is 8. The summed E-state index contributed by atoms with van der Waals surface area (Å²) in [4.78, 5) is 16.0. The topological polar surface area (TPSA) is 6.48 Å². The molecule has 254 valence electrons. The molecule has 0 unspecified atom stereocenters. The molecule has 0 radical (unpaired) electrons. The molecule has 10 rings (SSSR count). The summed E-state index contributed by atoms with van der Waals surface area (Å²) >= 11 is 0. The summed E-state index contributed by atoms with van der Waals surface area (Å²) in [6.45, 7) is 0. The molecule has 8 aromatic carbocycles. The zero-order valence-electron chi connectivity index (χ0n) is 29.2. The molecule has 0 aliphatic carbocycles. The number of para-hydroxylation sites is 4. The highest BCUT2D eigenvalue weighted by Crippen LogP contribution is 2.80. The molecule has 5 heteroatoms. The van der Waals surface area contributed by atoms with Crippen molar-refractivity contribution in [2.24, 2.45) is 0 Å². The molecule has 2 aliphatic rings. The largest absolute Gasteiger partial charge is 0.367 e. The van der Waals surface area contributed by atoms with Crippen molar-refractivity contribution < 1.29 is 0 Å². The lowest BCUT2D eigenvalue weighted by molar-refractivity contribution is 1.12. The van der Waals surface area contributed by atoms with Crippen LogP contribution in [0.3, 0.4) is 0 Å². The molecule has 2 nitrogen and oxygen atoms in total. The van der Waals surface area contributed by atoms with Crippen molar-refractivity contribution >= 4 is 50.4 Å². The Kier molecular flexibility index (Phi) is 7.78. The van der Waals surface area contributed by atoms with E-state index in [1.54, 1.807) is 0 Å². The number of anilines is 4. The Hall–Kier alpha value is -5.88. The van der Waals surface area contributed by atoms with E-state index in [0.717, 1.165) is 0 Å². The van der Waals surface area contributed by atoms with Crippen molar-refractivity contribution in [3.63, 3.8) is 0 Å². The van der Waals surface area contributed by atoms with Crippen LogP contribution in [0.4, 0.5) is 22.7 Å². The molecular formula is C48H37BN2S2. The first-order valence-electron chi connectivity index (χ1n) is 18.1. The smallest absolute Gasteiger partial charge is 0.366 e. The summed E-state index contributed by atoms with van der Waals surface area (Å²) in [5.74, 6) is 0. The predicted molar refractivity (Wildman–Crippen MR) is 224 cm³/mol. The van der Waals surface area contributed by atoms with Gasteiger partial charge < -0.3 is 9.62 Å². The van der Waals surface area contributed by atoms with E-state index >= 15 is 0 Å². The van der Waals surface area contributed by atoms with Gasteiger partial charge in [0.25, 0.3) is 0 Å². The van der Waals surface area contributed by atoms with Crippen LogP contribution in [0.2, 0.25) is 0 Å². The zero-order chi connectivity index (χ0) is 35.2. The maximum Gasteiger partial charge on any atom is 0.366 e. The van der Waals surface area contributed by atoms with E-state index in [0.29, 0.717) is 7.55 Å². The van der Waals surface area contributed by atoms with Gasteiger partial charge in [0.15, 0.2) is 0 Å². The van der Waals surface area contributed by atoms with Crippen LogP contribution < -0.4 is 9.62 Å². The molecule has 0 bridgehead atoms. The normalized spacial score (nSPS) is 15.8. The van der Waals surface area contributed by atoms with E-state index in [1.807, 2.05) is 0 Å². The van der Waals surface area contributed by atoms with E-state index in [4.69, 9.17) is 0 Å². The Morgan fingerprint density at radius 2 is 0.453 bits per heavy atom. The lowest BCUT2D eigenvalue weighted by Crippen LogP contribution is -2.40. The Labute approximate surface area is 315 Å². The van der Waals surface area contributed by atoms with Gasteiger partial charge in [-0.3, -0.25) is 0 Å². The van der Waals surface area contributed by atoms with E-state index in [2.05, 4.69) is 228 Å². The third-order valence-electron chi connectivity index (χ3n) is 10.6. The molecule has 0 saturated heterocycles. The minimum Gasteiger partial charge on any atom is -0.367 e. The SMILES string of the molecule is B(N1c2ccccc2S(c2ccccc2)(c2ccccc2)c2ccccc21)N1c2ccccc2S(c2ccccc2)(c2ccccc2)c2ccccc21. The van der Waals surface area contributed by atoms with Crippen LogP contribution in [-0.2, 0) is 0 Å². The quantitative estimate of drug-likeness (QED) is 0.158. The molecule has 0 fully saturated rings. The van der Waals surface area contributed by atoms with Gasteiger partial charge in [-0.25, -0.2) is 0 Å². The van der Waals surface area contributed by atoms with Crippen molar-refractivity contribution in [3.05, 3.63) is 218 Å². The Morgan fingerprint density at radius 1 is 0.245 bits per heavy atom. The fraction of sp³-hybridized carbons (Fsp3) is 0. The van der Waals surface area contributed by atoms with Gasteiger partial charge in [-0.05, 0) is 97.1 Å². The van der Waals surface area contributed by atoms with Crippen LogP contribution in [-0.4, -0.2) is 7.55 Å². The summed E-state index contributed by atoms with van der Waals surface area (Å²) in [5.41, 5.74) is 5.00. The van der Waals surface area contributed by atoms with Crippen molar-refractivity contribution in [1.82, 2.24) is 0 Å². The minimum absolute atomic E-state index is 0.653. The van der Waals surface area contributed by atoms with Crippen LogP contribution in [0, 0.1) is 0 Å². The molecule has 0 aromatic heterocycles. The van der Waals surface area contributed by atoms with Gasteiger partial charge in [0.2, 0.25) is 0 Å². The minimum atomic E-state index is -1.82. The van der Waals surface area contributed by atoms with E-state index in [-0.39, 0.29) is 0 Å². The lowest BCUT2D eigenvalue weighted by Gasteiger charge is -2.53. The summed E-state index contributed by atoms with van der Waals surface area (Å²) in [5, 5.41) is 0. The molecule has 8 aromatic rings. The molecule has 0 amide bonds. The summed E-state index contributed by atoms with van der Waals surface area (Å²) in [7, 11) is -2.98. The first-order chi connectivity index (χ1) is 26.3. The molecule has 2 aliphatic heterocycles. The van der Waals surface area contributed by atoms with Crippen molar-refractivity contribution in [3.8, 4) is 0 Å². The van der Waals surface area contributed by atoms with Crippen molar-refractivity contribution in [1.29, 1.82) is 0 Å². The number of fused-ring (bicyclic) bond motifs is 4. The average molecular weight is 717 g/mol. The van der Waals surface area contributed by atoms with Gasteiger partial charge in [0.05, 0.1) is 0 Å². The molecule has 0 spiro atoms. The zero-order valence-corrected chi connectivity index (χ0v) is 30.8. The van der Waals surface area contributed by atoms with Crippen LogP contribution >= 0.6 is 20.1 Å². The number of hydrogen-bond donors (Lipinski definition) is 0. The summed E-state index contributed by atoms with van der Waals surface area (Å²) in [6.07, 6.45) is 0. The van der Waals surface area contributed by atoms with Gasteiger partial charge in [-0.1, -0.05) is 121 Å². The van der Waals surface area contributed by atoms with Crippen LogP contribution in [0.5, 0.6) is 0 Å². The van der Waals surface area contributed by atoms with E-state index in [1.165, 1.54) is 61.9 Å². The first-order valence-corrected chi connectivity index (χ1v) is 21.4. The maximum absolute atomic E-state index is 2.57. The molecule has 2 heterocycles. The van der Waals surface area contributed by atoms with Crippen molar-refractivity contribution in [2.75, 3.05) is 9.62 Å². The van der Waals surface area contributed by atoms with Gasteiger partial charge in [0, 0.05) is 61.9 Å². The fourth-order valence-electron chi connectivity index (χ4n) is 8.49. The monoisotopic (exact) mass is 716 g/mol. The van der Waals surface area contributed by atoms with E-state index in [9.17, 15) is 0 Å². The third-order valence-corrected chi connectivity index (χ3v) is 18.6. The molecule has 0 atom stereocenters. The van der Waals surface area contributed by atoms with Crippen LogP contribution in [0.25, 0.3) is 0 Å². The van der Waals surface area contributed by atoms with Gasteiger partial charge in [-0.2, -0.15) is 0 Å². The Balaban J connectivity index is 1.22.